The van der Waals surface area contributed by atoms with Crippen molar-refractivity contribution >= 4 is 38.1 Å². The average Bonchev–Trinajstić information content (AvgIpc) is 2.79. The molecule has 7 heteroatoms. The number of hydrogen-bond acceptors (Lipinski definition) is 6. The maximum Gasteiger partial charge on any atom is 0.334 e. The second-order valence-corrected chi connectivity index (χ2v) is 9.59. The summed E-state index contributed by atoms with van der Waals surface area (Å²) in [4.78, 5) is 22.0. The third-order valence-electron chi connectivity index (χ3n) is 5.37. The third kappa shape index (κ3) is 5.14. The molecule has 0 atom stereocenters. The first kappa shape index (κ1) is 22.2. The van der Waals surface area contributed by atoms with Gasteiger partial charge in [-0.15, -0.1) is 0 Å². The molecule has 0 fully saturated rings. The summed E-state index contributed by atoms with van der Waals surface area (Å²) in [6.45, 7) is 4.08. The fourth-order valence-corrected chi connectivity index (χ4v) is 4.34. The summed E-state index contributed by atoms with van der Waals surface area (Å²) in [5, 5.41) is 0.679. The zero-order valence-electron chi connectivity index (χ0n) is 17.8. The second kappa shape index (κ2) is 9.51. The fraction of sp³-hybridized carbons (Fsp3) is 0.435. The van der Waals surface area contributed by atoms with E-state index >= 15 is 0 Å². The normalized spacial score (nSPS) is 17.5. The third-order valence-corrected chi connectivity index (χ3v) is 6.48. The molecule has 6 nitrogen and oxygen atoms in total. The highest BCUT2D eigenvalue weighted by Gasteiger charge is 2.19. The molecule has 30 heavy (non-hydrogen) atoms. The van der Waals surface area contributed by atoms with E-state index in [1.165, 1.54) is 6.26 Å². The van der Waals surface area contributed by atoms with E-state index in [1.807, 2.05) is 6.92 Å². The summed E-state index contributed by atoms with van der Waals surface area (Å²) in [7, 11) is -3.34. The lowest BCUT2D eigenvalue weighted by Crippen LogP contribution is -2.13. The molecule has 1 aromatic heterocycles. The molecule has 0 saturated heterocycles. The molecule has 160 valence electrons. The highest BCUT2D eigenvalue weighted by atomic mass is 32.2. The Balaban J connectivity index is 2.16. The molecule has 1 aromatic carbocycles. The van der Waals surface area contributed by atoms with E-state index in [0.717, 1.165) is 43.4 Å². The van der Waals surface area contributed by atoms with E-state index in [-0.39, 0.29) is 10.9 Å². The van der Waals surface area contributed by atoms with Crippen molar-refractivity contribution in [3.05, 3.63) is 41.6 Å². The lowest BCUT2D eigenvalue weighted by molar-refractivity contribution is -0.138. The highest BCUT2D eigenvalue weighted by Crippen LogP contribution is 2.30. The predicted molar refractivity (Wildman–Crippen MR) is 119 cm³/mol. The van der Waals surface area contributed by atoms with Gasteiger partial charge >= 0.3 is 5.97 Å². The Morgan fingerprint density at radius 1 is 1.13 bits per heavy atom. The van der Waals surface area contributed by atoms with Gasteiger partial charge in [0.05, 0.1) is 22.7 Å². The van der Waals surface area contributed by atoms with E-state index in [1.54, 1.807) is 37.4 Å². The van der Waals surface area contributed by atoms with E-state index < -0.39 is 9.84 Å². The van der Waals surface area contributed by atoms with Crippen LogP contribution in [-0.2, 0) is 19.4 Å². The molecule has 1 aliphatic rings. The molecule has 2 aromatic rings. The van der Waals surface area contributed by atoms with Crippen molar-refractivity contribution in [2.45, 2.75) is 57.3 Å². The maximum absolute atomic E-state index is 12.5. The predicted octanol–water partition coefficient (Wildman–Crippen LogP) is 4.94. The van der Waals surface area contributed by atoms with Gasteiger partial charge in [0.1, 0.15) is 0 Å². The van der Waals surface area contributed by atoms with Crippen molar-refractivity contribution in [1.29, 1.82) is 0 Å². The lowest BCUT2D eigenvalue weighted by Gasteiger charge is -2.13. The van der Waals surface area contributed by atoms with Crippen LogP contribution in [-0.4, -0.2) is 37.9 Å². The molecular weight excluding hydrogens is 400 g/mol. The van der Waals surface area contributed by atoms with Crippen molar-refractivity contribution in [3.8, 4) is 0 Å². The number of carbonyl (C=O) groups is 1. The molecule has 0 unspecified atom stereocenters. The molecule has 0 radical (unpaired) electrons. The number of nitrogens with zero attached hydrogens (tertiary/aromatic N) is 2. The van der Waals surface area contributed by atoms with Crippen LogP contribution < -0.4 is 0 Å². The van der Waals surface area contributed by atoms with Crippen LogP contribution in [0.3, 0.4) is 0 Å². The summed E-state index contributed by atoms with van der Waals surface area (Å²) in [6, 6.07) is 6.67. The summed E-state index contributed by atoms with van der Waals surface area (Å²) < 4.78 is 29.3. The number of carbonyl (C=O) groups excluding carboxylic acids is 1. The number of aromatic nitrogens is 1. The molecule has 0 aliphatic heterocycles. The number of rotatable bonds is 4. The number of benzene rings is 1. The lowest BCUT2D eigenvalue weighted by atomic mass is 9.99. The summed E-state index contributed by atoms with van der Waals surface area (Å²) in [5.41, 5.74) is 3.73. The molecule has 0 bridgehead atoms. The van der Waals surface area contributed by atoms with E-state index in [2.05, 4.69) is 4.98 Å². The van der Waals surface area contributed by atoms with Gasteiger partial charge < -0.3 is 4.74 Å². The molecule has 0 spiro atoms. The molecule has 0 saturated carbocycles. The first-order chi connectivity index (χ1) is 14.3. The Kier molecular flexibility index (Phi) is 7.02. The van der Waals surface area contributed by atoms with Crippen molar-refractivity contribution in [1.82, 2.24) is 4.98 Å². The van der Waals surface area contributed by atoms with Crippen LogP contribution >= 0.6 is 0 Å². The van der Waals surface area contributed by atoms with Gasteiger partial charge in [-0.2, -0.15) is 0 Å². The van der Waals surface area contributed by atoms with Crippen molar-refractivity contribution in [3.63, 3.8) is 0 Å². The molecule has 1 aliphatic carbocycles. The monoisotopic (exact) mass is 428 g/mol. The SMILES string of the molecule is CCOC(=O)C1=C(C)C(=Nc2ccnc3ccc(S(C)(=O)=O)cc23)CCCCCC1. The minimum absolute atomic E-state index is 0.235. The van der Waals surface area contributed by atoms with Crippen LogP contribution in [0.5, 0.6) is 0 Å². The molecular formula is C23H28N2O4S. The number of esters is 1. The number of ether oxygens (including phenoxy) is 1. The van der Waals surface area contributed by atoms with Crippen molar-refractivity contribution in [2.24, 2.45) is 4.99 Å². The largest absolute Gasteiger partial charge is 0.463 e. The van der Waals surface area contributed by atoms with Gasteiger partial charge in [0.15, 0.2) is 9.84 Å². The molecule has 0 N–H and O–H groups in total. The van der Waals surface area contributed by atoms with E-state index in [9.17, 15) is 13.2 Å². The number of aliphatic imine (C=N–C) groups is 1. The Morgan fingerprint density at radius 3 is 2.57 bits per heavy atom. The fourth-order valence-electron chi connectivity index (χ4n) is 3.69. The first-order valence-electron chi connectivity index (χ1n) is 10.3. The van der Waals surface area contributed by atoms with Crippen LogP contribution in [0.15, 0.2) is 51.5 Å². The van der Waals surface area contributed by atoms with Crippen LogP contribution in [0, 0.1) is 0 Å². The Morgan fingerprint density at radius 2 is 1.87 bits per heavy atom. The smallest absolute Gasteiger partial charge is 0.334 e. The van der Waals surface area contributed by atoms with Crippen molar-refractivity contribution in [2.75, 3.05) is 12.9 Å². The summed E-state index contributed by atoms with van der Waals surface area (Å²) in [5.74, 6) is -0.274. The van der Waals surface area contributed by atoms with Crippen LogP contribution in [0.2, 0.25) is 0 Å². The van der Waals surface area contributed by atoms with Crippen molar-refractivity contribution < 1.29 is 17.9 Å². The van der Waals surface area contributed by atoms with Gasteiger partial charge in [-0.1, -0.05) is 12.8 Å². The number of pyridine rings is 1. The summed E-state index contributed by atoms with van der Waals surface area (Å²) >= 11 is 0. The van der Waals surface area contributed by atoms with Crippen LogP contribution in [0.1, 0.15) is 52.4 Å². The Hall–Kier alpha value is -2.54. The first-order valence-corrected chi connectivity index (χ1v) is 12.2. The zero-order chi connectivity index (χ0) is 21.7. The second-order valence-electron chi connectivity index (χ2n) is 7.58. The molecule has 3 rings (SSSR count). The maximum atomic E-state index is 12.5. The van der Waals surface area contributed by atoms with Gasteiger partial charge in [-0.3, -0.25) is 9.98 Å². The number of allylic oxidation sites excluding steroid dienone is 1. The molecule has 0 amide bonds. The minimum atomic E-state index is -3.34. The van der Waals surface area contributed by atoms with Crippen LogP contribution in [0.4, 0.5) is 5.69 Å². The van der Waals surface area contributed by atoms with Gasteiger partial charge in [-0.25, -0.2) is 13.2 Å². The Bertz CT molecular complexity index is 1120. The van der Waals surface area contributed by atoms with Gasteiger partial charge in [0.2, 0.25) is 0 Å². The van der Waals surface area contributed by atoms with E-state index in [0.29, 0.717) is 35.2 Å². The van der Waals surface area contributed by atoms with Crippen LogP contribution in [0.25, 0.3) is 10.9 Å². The van der Waals surface area contributed by atoms with E-state index in [4.69, 9.17) is 9.73 Å². The molecule has 1 heterocycles. The zero-order valence-corrected chi connectivity index (χ0v) is 18.6. The number of fused-ring (bicyclic) bond motifs is 1. The van der Waals surface area contributed by atoms with Gasteiger partial charge in [0.25, 0.3) is 0 Å². The Labute approximate surface area is 178 Å². The number of hydrogen-bond donors (Lipinski definition) is 0. The quantitative estimate of drug-likeness (QED) is 0.644. The number of sulfone groups is 1. The highest BCUT2D eigenvalue weighted by molar-refractivity contribution is 7.90. The topological polar surface area (TPSA) is 85.7 Å². The average molecular weight is 429 g/mol. The summed E-state index contributed by atoms with van der Waals surface area (Å²) in [6.07, 6.45) is 8.38. The standard InChI is InChI=1S/C23H28N2O4S/c1-4-29-23(26)18-9-7-5-6-8-10-20(16(18)2)25-22-13-14-24-21-12-11-17(15-19(21)22)30(3,27)28/h11-15H,4-10H2,1-3H3. The minimum Gasteiger partial charge on any atom is -0.463 e. The van der Waals surface area contributed by atoms with Gasteiger partial charge in [0, 0.05) is 29.1 Å². The van der Waals surface area contributed by atoms with Gasteiger partial charge in [-0.05, 0) is 69.4 Å².